The summed E-state index contributed by atoms with van der Waals surface area (Å²) in [6.45, 7) is 6.41. The van der Waals surface area contributed by atoms with Crippen LogP contribution in [0.4, 0.5) is 5.82 Å². The van der Waals surface area contributed by atoms with Crippen LogP contribution >= 0.6 is 0 Å². The van der Waals surface area contributed by atoms with Crippen molar-refractivity contribution in [3.05, 3.63) is 36.0 Å². The molecular weight excluding hydrogens is 264 g/mol. The van der Waals surface area contributed by atoms with E-state index in [9.17, 15) is 9.90 Å². The Morgan fingerprint density at radius 3 is 2.57 bits per heavy atom. The molecule has 4 heteroatoms. The van der Waals surface area contributed by atoms with Crippen LogP contribution in [0.5, 0.6) is 0 Å². The monoisotopic (exact) mass is 284 g/mol. The molecule has 1 aromatic heterocycles. The third kappa shape index (κ3) is 2.71. The Hall–Kier alpha value is -2.10. The van der Waals surface area contributed by atoms with Gasteiger partial charge in [0.1, 0.15) is 5.82 Å². The van der Waals surface area contributed by atoms with Crippen molar-refractivity contribution >= 4 is 22.6 Å². The number of benzene rings is 1. The lowest BCUT2D eigenvalue weighted by Gasteiger charge is -2.38. The van der Waals surface area contributed by atoms with E-state index in [0.29, 0.717) is 5.41 Å². The van der Waals surface area contributed by atoms with Gasteiger partial charge in [-0.3, -0.25) is 0 Å². The number of pyridine rings is 1. The van der Waals surface area contributed by atoms with Crippen molar-refractivity contribution in [3.8, 4) is 0 Å². The van der Waals surface area contributed by atoms with Crippen molar-refractivity contribution in [2.75, 3.05) is 18.0 Å². The van der Waals surface area contributed by atoms with Crippen LogP contribution in [-0.4, -0.2) is 29.1 Å². The second-order valence-electron chi connectivity index (χ2n) is 6.51. The van der Waals surface area contributed by atoms with Crippen molar-refractivity contribution < 1.29 is 9.90 Å². The number of carboxylic acid groups (broad SMARTS) is 1. The number of carbonyl (C=O) groups is 1. The van der Waals surface area contributed by atoms with Gasteiger partial charge in [-0.15, -0.1) is 0 Å². The second kappa shape index (κ2) is 5.02. The molecule has 2 aromatic rings. The van der Waals surface area contributed by atoms with Gasteiger partial charge in [-0.05, 0) is 29.7 Å². The summed E-state index contributed by atoms with van der Waals surface area (Å²) in [5.74, 6) is -0.166. The maximum Gasteiger partial charge on any atom is 0.354 e. The van der Waals surface area contributed by atoms with E-state index in [1.807, 2.05) is 24.3 Å². The molecule has 1 saturated heterocycles. The van der Waals surface area contributed by atoms with Gasteiger partial charge in [0.2, 0.25) is 0 Å². The molecule has 0 atom stereocenters. The zero-order valence-corrected chi connectivity index (χ0v) is 12.5. The molecule has 4 nitrogen and oxygen atoms in total. The molecule has 0 saturated carbocycles. The van der Waals surface area contributed by atoms with Gasteiger partial charge in [0.25, 0.3) is 0 Å². The molecule has 2 heterocycles. The number of aromatic nitrogens is 1. The highest BCUT2D eigenvalue weighted by molar-refractivity contribution is 5.98. The van der Waals surface area contributed by atoms with Crippen molar-refractivity contribution in [1.82, 2.24) is 4.98 Å². The molecule has 0 spiro atoms. The summed E-state index contributed by atoms with van der Waals surface area (Å²) < 4.78 is 0. The fraction of sp³-hybridized carbons (Fsp3) is 0.412. The van der Waals surface area contributed by atoms with Gasteiger partial charge in [0.15, 0.2) is 5.69 Å². The van der Waals surface area contributed by atoms with Crippen LogP contribution in [0.25, 0.3) is 10.8 Å². The van der Waals surface area contributed by atoms with Gasteiger partial charge < -0.3 is 10.0 Å². The Bertz CT molecular complexity index is 684. The van der Waals surface area contributed by atoms with Crippen LogP contribution in [0, 0.1) is 5.41 Å². The van der Waals surface area contributed by atoms with Gasteiger partial charge in [0, 0.05) is 18.5 Å². The number of fused-ring (bicyclic) bond motifs is 1. The van der Waals surface area contributed by atoms with E-state index in [1.165, 1.54) is 0 Å². The summed E-state index contributed by atoms with van der Waals surface area (Å²) in [6, 6.07) is 9.51. The summed E-state index contributed by atoms with van der Waals surface area (Å²) in [5, 5.41) is 11.2. The van der Waals surface area contributed by atoms with Crippen LogP contribution in [-0.2, 0) is 0 Å². The summed E-state index contributed by atoms with van der Waals surface area (Å²) in [6.07, 6.45) is 2.20. The average molecular weight is 284 g/mol. The number of piperidine rings is 1. The smallest absolute Gasteiger partial charge is 0.354 e. The lowest BCUT2D eigenvalue weighted by atomic mass is 9.82. The highest BCUT2D eigenvalue weighted by Gasteiger charge is 2.27. The fourth-order valence-electron chi connectivity index (χ4n) is 2.85. The summed E-state index contributed by atoms with van der Waals surface area (Å²) in [5.41, 5.74) is 0.477. The topological polar surface area (TPSA) is 53.4 Å². The van der Waals surface area contributed by atoms with Crippen molar-refractivity contribution in [3.63, 3.8) is 0 Å². The van der Waals surface area contributed by atoms with Crippen molar-refractivity contribution in [2.24, 2.45) is 5.41 Å². The first kappa shape index (κ1) is 13.9. The third-order valence-corrected chi connectivity index (χ3v) is 4.36. The molecular formula is C17H20N2O2. The first-order valence-electron chi connectivity index (χ1n) is 7.34. The minimum Gasteiger partial charge on any atom is -0.477 e. The molecule has 1 aliphatic rings. The Labute approximate surface area is 124 Å². The van der Waals surface area contributed by atoms with Gasteiger partial charge in [-0.2, -0.15) is 0 Å². The van der Waals surface area contributed by atoms with Gasteiger partial charge in [-0.1, -0.05) is 38.1 Å². The van der Waals surface area contributed by atoms with Gasteiger partial charge in [0.05, 0.1) is 0 Å². The van der Waals surface area contributed by atoms with E-state index in [4.69, 9.17) is 0 Å². The normalized spacial score (nSPS) is 17.9. The molecule has 0 radical (unpaired) electrons. The number of rotatable bonds is 2. The lowest BCUT2D eigenvalue weighted by Crippen LogP contribution is -2.38. The molecule has 21 heavy (non-hydrogen) atoms. The molecule has 1 N–H and O–H groups in total. The van der Waals surface area contributed by atoms with E-state index in [0.717, 1.165) is 42.5 Å². The second-order valence-corrected chi connectivity index (χ2v) is 6.51. The van der Waals surface area contributed by atoms with Gasteiger partial charge in [-0.25, -0.2) is 9.78 Å². The lowest BCUT2D eigenvalue weighted by molar-refractivity contribution is 0.0690. The van der Waals surface area contributed by atoms with E-state index in [2.05, 4.69) is 23.7 Å². The van der Waals surface area contributed by atoms with Crippen LogP contribution in [0.15, 0.2) is 30.3 Å². The van der Waals surface area contributed by atoms with Crippen LogP contribution in [0.3, 0.4) is 0 Å². The predicted octanol–water partition coefficient (Wildman–Crippen LogP) is 3.56. The molecule has 0 aliphatic carbocycles. The molecule has 1 fully saturated rings. The predicted molar refractivity (Wildman–Crippen MR) is 83.9 cm³/mol. The first-order valence-corrected chi connectivity index (χ1v) is 7.34. The largest absolute Gasteiger partial charge is 0.477 e. The van der Waals surface area contributed by atoms with E-state index in [-0.39, 0.29) is 5.69 Å². The Morgan fingerprint density at radius 1 is 1.24 bits per heavy atom. The highest BCUT2D eigenvalue weighted by Crippen LogP contribution is 2.34. The van der Waals surface area contributed by atoms with Crippen LogP contribution in [0.2, 0.25) is 0 Å². The SMILES string of the molecule is CC1(C)CCN(c2nc(C(=O)O)cc3ccccc23)CC1. The van der Waals surface area contributed by atoms with Gasteiger partial charge >= 0.3 is 5.97 Å². The van der Waals surface area contributed by atoms with Crippen LogP contribution in [0.1, 0.15) is 37.2 Å². The Balaban J connectivity index is 2.06. The summed E-state index contributed by atoms with van der Waals surface area (Å²) in [4.78, 5) is 17.9. The molecule has 1 aromatic carbocycles. The number of hydrogen-bond acceptors (Lipinski definition) is 3. The number of aromatic carboxylic acids is 1. The van der Waals surface area contributed by atoms with Crippen molar-refractivity contribution in [2.45, 2.75) is 26.7 Å². The molecule has 0 unspecified atom stereocenters. The number of anilines is 1. The van der Waals surface area contributed by atoms with Crippen molar-refractivity contribution in [1.29, 1.82) is 0 Å². The minimum absolute atomic E-state index is 0.119. The molecule has 1 aliphatic heterocycles. The fourth-order valence-corrected chi connectivity index (χ4v) is 2.85. The zero-order valence-electron chi connectivity index (χ0n) is 12.5. The Kier molecular flexibility index (Phi) is 3.32. The van der Waals surface area contributed by atoms with E-state index in [1.54, 1.807) is 6.07 Å². The number of hydrogen-bond donors (Lipinski definition) is 1. The van der Waals surface area contributed by atoms with Crippen LogP contribution < -0.4 is 4.90 Å². The maximum absolute atomic E-state index is 11.3. The minimum atomic E-state index is -0.973. The summed E-state index contributed by atoms with van der Waals surface area (Å²) in [7, 11) is 0. The van der Waals surface area contributed by atoms with E-state index >= 15 is 0 Å². The number of carboxylic acids is 1. The highest BCUT2D eigenvalue weighted by atomic mass is 16.4. The zero-order chi connectivity index (χ0) is 15.0. The molecule has 0 amide bonds. The quantitative estimate of drug-likeness (QED) is 0.916. The van der Waals surface area contributed by atoms with E-state index < -0.39 is 5.97 Å². The molecule has 0 bridgehead atoms. The number of nitrogens with zero attached hydrogens (tertiary/aromatic N) is 2. The average Bonchev–Trinajstić information content (AvgIpc) is 2.46. The maximum atomic E-state index is 11.3. The first-order chi connectivity index (χ1) is 9.96. The molecule has 3 rings (SSSR count). The Morgan fingerprint density at radius 2 is 1.90 bits per heavy atom. The third-order valence-electron chi connectivity index (χ3n) is 4.36. The molecule has 110 valence electrons. The summed E-state index contributed by atoms with van der Waals surface area (Å²) >= 11 is 0. The standard InChI is InChI=1S/C17H20N2O2/c1-17(2)7-9-19(10-8-17)15-13-6-4-3-5-12(13)11-14(18-15)16(20)21/h3-6,11H,7-10H2,1-2H3,(H,20,21).